The second kappa shape index (κ2) is 3.00. The Morgan fingerprint density at radius 2 is 2.00 bits per heavy atom. The van der Waals surface area contributed by atoms with Crippen LogP contribution in [0.1, 0.15) is 25.3 Å². The number of rotatable bonds is 1. The lowest BCUT2D eigenvalue weighted by atomic mass is 10.0. The predicted molar refractivity (Wildman–Crippen MR) is 57.1 cm³/mol. The number of nitrogens with zero attached hydrogens (tertiary/aromatic N) is 1. The molecule has 14 heavy (non-hydrogen) atoms. The lowest BCUT2D eigenvalue weighted by molar-refractivity contribution is 0.596. The molecular weight excluding hydrogens is 194 g/mol. The number of halogens is 1. The van der Waals surface area contributed by atoms with Crippen molar-refractivity contribution in [1.29, 1.82) is 5.26 Å². The fourth-order valence-corrected chi connectivity index (χ4v) is 2.44. The maximum absolute atomic E-state index is 8.97. The Morgan fingerprint density at radius 3 is 2.50 bits per heavy atom. The first-order chi connectivity index (χ1) is 6.59. The van der Waals surface area contributed by atoms with Crippen LogP contribution < -0.4 is 0 Å². The summed E-state index contributed by atoms with van der Waals surface area (Å²) >= 11 is 6.10. The Balaban J connectivity index is 2.37. The molecule has 0 radical (unpaired) electrons. The molecule has 1 saturated carbocycles. The van der Waals surface area contributed by atoms with Gasteiger partial charge < -0.3 is 0 Å². The molecular formula is C12H12ClN. The Kier molecular flexibility index (Phi) is 2.05. The Hall–Kier alpha value is -1.00. The van der Waals surface area contributed by atoms with E-state index in [1.165, 1.54) is 0 Å². The van der Waals surface area contributed by atoms with Gasteiger partial charge in [-0.3, -0.25) is 0 Å². The summed E-state index contributed by atoms with van der Waals surface area (Å²) < 4.78 is 0. The van der Waals surface area contributed by atoms with Crippen LogP contribution in [0.5, 0.6) is 0 Å². The molecule has 2 rings (SSSR count). The second-order valence-corrected chi connectivity index (χ2v) is 4.83. The van der Waals surface area contributed by atoms with Crippen LogP contribution >= 0.6 is 11.6 Å². The summed E-state index contributed by atoms with van der Waals surface area (Å²) in [6, 6.07) is 10.2. The van der Waals surface area contributed by atoms with Gasteiger partial charge in [-0.1, -0.05) is 43.6 Å². The summed E-state index contributed by atoms with van der Waals surface area (Å²) in [4.78, 5) is 0. The number of hydrogen-bond acceptors (Lipinski definition) is 1. The molecule has 0 heterocycles. The van der Waals surface area contributed by atoms with Crippen LogP contribution in [0.3, 0.4) is 0 Å². The molecule has 1 fully saturated rings. The Labute approximate surface area is 89.3 Å². The Morgan fingerprint density at radius 1 is 1.36 bits per heavy atom. The van der Waals surface area contributed by atoms with Crippen molar-refractivity contribution >= 4 is 11.6 Å². The fourth-order valence-electron chi connectivity index (χ4n) is 2.19. The lowest BCUT2D eigenvalue weighted by Gasteiger charge is -2.04. The monoisotopic (exact) mass is 205 g/mol. The zero-order valence-electron chi connectivity index (χ0n) is 8.29. The van der Waals surface area contributed by atoms with E-state index >= 15 is 0 Å². The molecule has 72 valence electrons. The van der Waals surface area contributed by atoms with Gasteiger partial charge in [0.25, 0.3) is 0 Å². The van der Waals surface area contributed by atoms with E-state index in [1.54, 1.807) is 0 Å². The standard InChI is InChI=1S/C12H12ClN/c1-12(2)9(7-14)11(12)8-5-3-4-6-10(8)13/h3-6,9,11H,1-2H3/t9-,11-/m0/s1. The Bertz CT molecular complexity index is 403. The quantitative estimate of drug-likeness (QED) is 0.687. The fraction of sp³-hybridized carbons (Fsp3) is 0.417. The van der Waals surface area contributed by atoms with Crippen LogP contribution in [0.25, 0.3) is 0 Å². The molecule has 0 bridgehead atoms. The first-order valence-electron chi connectivity index (χ1n) is 4.73. The minimum Gasteiger partial charge on any atom is -0.198 e. The molecule has 1 aliphatic carbocycles. The first kappa shape index (κ1) is 9.55. The van der Waals surface area contributed by atoms with Crippen LogP contribution in [0.2, 0.25) is 5.02 Å². The molecule has 1 nitrogen and oxygen atoms in total. The summed E-state index contributed by atoms with van der Waals surface area (Å²) in [7, 11) is 0. The minimum absolute atomic E-state index is 0.0831. The smallest absolute Gasteiger partial charge is 0.0668 e. The van der Waals surface area contributed by atoms with Crippen molar-refractivity contribution in [3.63, 3.8) is 0 Å². The molecule has 0 unspecified atom stereocenters. The summed E-state index contributed by atoms with van der Waals surface area (Å²) in [6.07, 6.45) is 0. The molecule has 0 spiro atoms. The van der Waals surface area contributed by atoms with Gasteiger partial charge in [0.05, 0.1) is 12.0 Å². The number of hydrogen-bond donors (Lipinski definition) is 0. The van der Waals surface area contributed by atoms with Gasteiger partial charge in [-0.05, 0) is 17.0 Å². The summed E-state index contributed by atoms with van der Waals surface area (Å²) in [5.41, 5.74) is 1.20. The van der Waals surface area contributed by atoms with E-state index in [-0.39, 0.29) is 11.3 Å². The van der Waals surface area contributed by atoms with Gasteiger partial charge >= 0.3 is 0 Å². The molecule has 2 atom stereocenters. The average molecular weight is 206 g/mol. The maximum Gasteiger partial charge on any atom is 0.0668 e. The summed E-state index contributed by atoms with van der Waals surface area (Å²) in [6.45, 7) is 4.24. The van der Waals surface area contributed by atoms with Crippen molar-refractivity contribution in [1.82, 2.24) is 0 Å². The molecule has 0 aromatic heterocycles. The van der Waals surface area contributed by atoms with E-state index in [4.69, 9.17) is 16.9 Å². The van der Waals surface area contributed by atoms with E-state index in [9.17, 15) is 0 Å². The third-order valence-corrected chi connectivity index (χ3v) is 3.55. The molecule has 1 aromatic rings. The number of nitriles is 1. The van der Waals surface area contributed by atoms with Gasteiger partial charge in [0, 0.05) is 10.9 Å². The van der Waals surface area contributed by atoms with Gasteiger partial charge in [-0.25, -0.2) is 0 Å². The van der Waals surface area contributed by atoms with Gasteiger partial charge in [-0.2, -0.15) is 5.26 Å². The van der Waals surface area contributed by atoms with E-state index in [0.29, 0.717) is 5.92 Å². The van der Waals surface area contributed by atoms with Crippen LogP contribution in [0, 0.1) is 22.7 Å². The zero-order valence-corrected chi connectivity index (χ0v) is 9.05. The van der Waals surface area contributed by atoms with Crippen LogP contribution in [-0.2, 0) is 0 Å². The summed E-state index contributed by atoms with van der Waals surface area (Å²) in [5.74, 6) is 0.420. The highest BCUT2D eigenvalue weighted by Gasteiger charge is 2.59. The maximum atomic E-state index is 8.97. The van der Waals surface area contributed by atoms with Crippen molar-refractivity contribution < 1.29 is 0 Å². The van der Waals surface area contributed by atoms with Crippen molar-refractivity contribution in [2.75, 3.05) is 0 Å². The highest BCUT2D eigenvalue weighted by molar-refractivity contribution is 6.31. The van der Waals surface area contributed by atoms with Crippen molar-refractivity contribution in [2.24, 2.45) is 11.3 Å². The normalized spacial score (nSPS) is 28.1. The SMILES string of the molecule is CC1(C)[C@@H](C#N)[C@@H]1c1ccccc1Cl. The van der Waals surface area contributed by atoms with Gasteiger partial charge in [0.2, 0.25) is 0 Å². The largest absolute Gasteiger partial charge is 0.198 e. The molecule has 1 aliphatic rings. The first-order valence-corrected chi connectivity index (χ1v) is 5.11. The minimum atomic E-state index is 0.0831. The molecule has 0 aliphatic heterocycles. The topological polar surface area (TPSA) is 23.8 Å². The molecule has 1 aromatic carbocycles. The molecule has 0 N–H and O–H groups in total. The van der Waals surface area contributed by atoms with E-state index < -0.39 is 0 Å². The van der Waals surface area contributed by atoms with Crippen molar-refractivity contribution in [3.8, 4) is 6.07 Å². The van der Waals surface area contributed by atoms with Crippen LogP contribution in [0.4, 0.5) is 0 Å². The third kappa shape index (κ3) is 1.22. The lowest BCUT2D eigenvalue weighted by Crippen LogP contribution is -1.90. The highest BCUT2D eigenvalue weighted by Crippen LogP contribution is 2.64. The van der Waals surface area contributed by atoms with Crippen molar-refractivity contribution in [2.45, 2.75) is 19.8 Å². The van der Waals surface area contributed by atoms with E-state index in [0.717, 1.165) is 10.6 Å². The van der Waals surface area contributed by atoms with E-state index in [1.807, 2.05) is 24.3 Å². The van der Waals surface area contributed by atoms with Crippen molar-refractivity contribution in [3.05, 3.63) is 34.9 Å². The number of benzene rings is 1. The summed E-state index contributed by atoms with van der Waals surface area (Å²) in [5, 5.41) is 9.75. The zero-order chi connectivity index (χ0) is 10.3. The van der Waals surface area contributed by atoms with Crippen LogP contribution in [0.15, 0.2) is 24.3 Å². The van der Waals surface area contributed by atoms with E-state index in [2.05, 4.69) is 19.9 Å². The molecule has 0 amide bonds. The van der Waals surface area contributed by atoms with Gasteiger partial charge in [-0.15, -0.1) is 0 Å². The predicted octanol–water partition coefficient (Wildman–Crippen LogP) is 3.60. The van der Waals surface area contributed by atoms with Gasteiger partial charge in [0.15, 0.2) is 0 Å². The average Bonchev–Trinajstić information content (AvgIpc) is 2.69. The highest BCUT2D eigenvalue weighted by atomic mass is 35.5. The second-order valence-electron chi connectivity index (χ2n) is 4.43. The van der Waals surface area contributed by atoms with Crippen LogP contribution in [-0.4, -0.2) is 0 Å². The third-order valence-electron chi connectivity index (χ3n) is 3.21. The van der Waals surface area contributed by atoms with Gasteiger partial charge in [0.1, 0.15) is 0 Å². The molecule has 0 saturated heterocycles. The molecule has 2 heteroatoms.